The largest absolute Gasteiger partial charge is 0.352 e. The molecule has 30 heavy (non-hydrogen) atoms. The van der Waals surface area contributed by atoms with Gasteiger partial charge in [-0.25, -0.2) is 0 Å². The Kier molecular flexibility index (Phi) is 6.60. The van der Waals surface area contributed by atoms with E-state index in [0.29, 0.717) is 18.2 Å². The number of aromatic amines is 1. The van der Waals surface area contributed by atoms with Crippen molar-refractivity contribution in [2.75, 3.05) is 19.6 Å². The fourth-order valence-corrected chi connectivity index (χ4v) is 4.10. The monoisotopic (exact) mass is 402 g/mol. The maximum Gasteiger partial charge on any atom is 0.251 e. The van der Waals surface area contributed by atoms with E-state index in [0.717, 1.165) is 35.5 Å². The zero-order valence-electron chi connectivity index (χ0n) is 17.6. The lowest BCUT2D eigenvalue weighted by molar-refractivity contribution is 0.0949. The third-order valence-electron chi connectivity index (χ3n) is 5.95. The fourth-order valence-electron chi connectivity index (χ4n) is 4.10. The van der Waals surface area contributed by atoms with Crippen molar-refractivity contribution in [3.8, 4) is 22.5 Å². The summed E-state index contributed by atoms with van der Waals surface area (Å²) in [5, 5.41) is 10.5. The summed E-state index contributed by atoms with van der Waals surface area (Å²) in [5.74, 6) is -0.0113. The number of hydrogen-bond acceptors (Lipinski definition) is 3. The molecule has 1 aliphatic rings. The van der Waals surface area contributed by atoms with Crippen LogP contribution in [0, 0.1) is 0 Å². The van der Waals surface area contributed by atoms with Gasteiger partial charge in [-0.05, 0) is 56.5 Å². The first kappa shape index (κ1) is 20.4. The Labute approximate surface area is 178 Å². The number of rotatable bonds is 7. The first-order valence-corrected chi connectivity index (χ1v) is 10.9. The maximum atomic E-state index is 12.5. The molecule has 0 bridgehead atoms. The summed E-state index contributed by atoms with van der Waals surface area (Å²) in [4.78, 5) is 15.0. The van der Waals surface area contributed by atoms with Gasteiger partial charge in [-0.1, -0.05) is 48.9 Å². The van der Waals surface area contributed by atoms with Gasteiger partial charge < -0.3 is 10.2 Å². The lowest BCUT2D eigenvalue weighted by Gasteiger charge is -2.33. The van der Waals surface area contributed by atoms with E-state index in [4.69, 9.17) is 0 Å². The lowest BCUT2D eigenvalue weighted by Crippen LogP contribution is -2.39. The summed E-state index contributed by atoms with van der Waals surface area (Å²) >= 11 is 0. The molecule has 0 saturated carbocycles. The van der Waals surface area contributed by atoms with Crippen LogP contribution in [-0.2, 0) is 0 Å². The summed E-state index contributed by atoms with van der Waals surface area (Å²) in [6.07, 6.45) is 4.93. The van der Waals surface area contributed by atoms with Crippen molar-refractivity contribution in [1.82, 2.24) is 20.4 Å². The molecule has 1 aromatic heterocycles. The van der Waals surface area contributed by atoms with Gasteiger partial charge in [0, 0.05) is 30.3 Å². The molecular formula is C25H30N4O. The van der Waals surface area contributed by atoms with Gasteiger partial charge >= 0.3 is 0 Å². The quantitative estimate of drug-likeness (QED) is 0.561. The van der Waals surface area contributed by atoms with Crippen molar-refractivity contribution in [3.63, 3.8) is 0 Å². The maximum absolute atomic E-state index is 12.5. The minimum Gasteiger partial charge on any atom is -0.352 e. The van der Waals surface area contributed by atoms with E-state index in [2.05, 4.69) is 27.3 Å². The molecule has 1 saturated heterocycles. The Morgan fingerprint density at radius 1 is 1.10 bits per heavy atom. The minimum absolute atomic E-state index is 0.0113. The highest BCUT2D eigenvalue weighted by atomic mass is 16.1. The Morgan fingerprint density at radius 2 is 1.90 bits per heavy atom. The predicted octanol–water partition coefficient (Wildman–Crippen LogP) is 4.74. The second kappa shape index (κ2) is 9.72. The zero-order valence-corrected chi connectivity index (χ0v) is 17.6. The van der Waals surface area contributed by atoms with E-state index in [1.807, 2.05) is 60.7 Å². The number of hydrogen-bond donors (Lipinski definition) is 2. The van der Waals surface area contributed by atoms with Gasteiger partial charge in [-0.15, -0.1) is 0 Å². The molecule has 1 fully saturated rings. The highest BCUT2D eigenvalue weighted by molar-refractivity contribution is 5.94. The van der Waals surface area contributed by atoms with Crippen molar-refractivity contribution >= 4 is 5.91 Å². The van der Waals surface area contributed by atoms with Gasteiger partial charge in [-0.2, -0.15) is 5.10 Å². The number of benzene rings is 2. The number of nitrogens with zero attached hydrogens (tertiary/aromatic N) is 2. The predicted molar refractivity (Wildman–Crippen MR) is 121 cm³/mol. The van der Waals surface area contributed by atoms with Crippen LogP contribution in [0.25, 0.3) is 22.5 Å². The summed E-state index contributed by atoms with van der Waals surface area (Å²) in [5.41, 5.74) is 4.63. The average molecular weight is 403 g/mol. The lowest BCUT2D eigenvalue weighted by atomic mass is 10.0. The number of amides is 1. The highest BCUT2D eigenvalue weighted by Crippen LogP contribution is 2.24. The van der Waals surface area contributed by atoms with Crippen molar-refractivity contribution in [2.45, 2.75) is 38.6 Å². The van der Waals surface area contributed by atoms with Crippen LogP contribution in [0.1, 0.15) is 43.0 Å². The van der Waals surface area contributed by atoms with Crippen LogP contribution < -0.4 is 5.32 Å². The van der Waals surface area contributed by atoms with Crippen LogP contribution >= 0.6 is 0 Å². The molecule has 1 atom stereocenters. The van der Waals surface area contributed by atoms with Crippen LogP contribution in [0.5, 0.6) is 0 Å². The molecule has 1 amide bonds. The molecule has 3 aromatic rings. The van der Waals surface area contributed by atoms with E-state index < -0.39 is 0 Å². The molecule has 156 valence electrons. The molecule has 2 N–H and O–H groups in total. The Balaban J connectivity index is 1.29. The van der Waals surface area contributed by atoms with Crippen molar-refractivity contribution < 1.29 is 4.79 Å². The van der Waals surface area contributed by atoms with Crippen molar-refractivity contribution in [3.05, 3.63) is 66.2 Å². The topological polar surface area (TPSA) is 61.0 Å². The van der Waals surface area contributed by atoms with Crippen molar-refractivity contribution in [1.29, 1.82) is 0 Å². The molecule has 4 rings (SSSR count). The molecule has 0 aliphatic carbocycles. The van der Waals surface area contributed by atoms with E-state index in [-0.39, 0.29) is 5.91 Å². The minimum atomic E-state index is -0.0113. The second-order valence-electron chi connectivity index (χ2n) is 8.10. The van der Waals surface area contributed by atoms with E-state index in [1.165, 1.54) is 25.8 Å². The van der Waals surface area contributed by atoms with E-state index in [9.17, 15) is 4.79 Å². The second-order valence-corrected chi connectivity index (χ2v) is 8.10. The summed E-state index contributed by atoms with van der Waals surface area (Å²) in [6.45, 7) is 5.27. The van der Waals surface area contributed by atoms with Gasteiger partial charge in [0.15, 0.2) is 0 Å². The van der Waals surface area contributed by atoms with Crippen LogP contribution in [0.2, 0.25) is 0 Å². The SMILES string of the molecule is C[C@H]1CCCCN1CCCNC(=O)c1ccc(-c2cc(-c3ccccc3)n[nH]2)cc1. The van der Waals surface area contributed by atoms with Crippen LogP contribution in [0.3, 0.4) is 0 Å². The van der Waals surface area contributed by atoms with E-state index in [1.54, 1.807) is 0 Å². The first-order chi connectivity index (χ1) is 14.7. The molecule has 2 heterocycles. The number of H-pyrrole nitrogens is 1. The molecule has 1 aliphatic heterocycles. The van der Waals surface area contributed by atoms with Gasteiger partial charge in [-0.3, -0.25) is 9.89 Å². The van der Waals surface area contributed by atoms with Crippen LogP contribution in [-0.4, -0.2) is 46.7 Å². The summed E-state index contributed by atoms with van der Waals surface area (Å²) < 4.78 is 0. The first-order valence-electron chi connectivity index (χ1n) is 10.9. The molecule has 0 radical (unpaired) electrons. The Bertz CT molecular complexity index is 949. The number of aromatic nitrogens is 2. The third kappa shape index (κ3) is 4.97. The molecule has 0 unspecified atom stereocenters. The fraction of sp³-hybridized carbons (Fsp3) is 0.360. The highest BCUT2D eigenvalue weighted by Gasteiger charge is 2.17. The number of carbonyl (C=O) groups is 1. The van der Waals surface area contributed by atoms with E-state index >= 15 is 0 Å². The molecule has 5 heteroatoms. The molecule has 0 spiro atoms. The molecule has 5 nitrogen and oxygen atoms in total. The molecular weight excluding hydrogens is 372 g/mol. The van der Waals surface area contributed by atoms with Gasteiger partial charge in [0.25, 0.3) is 5.91 Å². The summed E-state index contributed by atoms with van der Waals surface area (Å²) in [6, 6.07) is 20.5. The Morgan fingerprint density at radius 3 is 2.67 bits per heavy atom. The number of likely N-dealkylation sites (tertiary alicyclic amines) is 1. The van der Waals surface area contributed by atoms with Gasteiger partial charge in [0.05, 0.1) is 11.4 Å². The zero-order chi connectivity index (χ0) is 20.8. The Hall–Kier alpha value is -2.92. The number of nitrogens with one attached hydrogen (secondary N) is 2. The average Bonchev–Trinajstić information content (AvgIpc) is 3.29. The third-order valence-corrected chi connectivity index (χ3v) is 5.95. The number of piperidine rings is 1. The normalized spacial score (nSPS) is 17.0. The van der Waals surface area contributed by atoms with Crippen LogP contribution in [0.4, 0.5) is 0 Å². The number of carbonyl (C=O) groups excluding carboxylic acids is 1. The molecule has 2 aromatic carbocycles. The van der Waals surface area contributed by atoms with Gasteiger partial charge in [0.2, 0.25) is 0 Å². The summed E-state index contributed by atoms with van der Waals surface area (Å²) in [7, 11) is 0. The van der Waals surface area contributed by atoms with Gasteiger partial charge in [0.1, 0.15) is 0 Å². The smallest absolute Gasteiger partial charge is 0.251 e. The standard InChI is InChI=1S/C25H30N4O/c1-19-8-5-6-16-29(19)17-7-15-26-25(30)22-13-11-21(12-14-22)24-18-23(27-28-24)20-9-3-2-4-10-20/h2-4,9-14,18-19H,5-8,15-17H2,1H3,(H,26,30)(H,27,28)/t19-/m0/s1. The van der Waals surface area contributed by atoms with Crippen LogP contribution in [0.15, 0.2) is 60.7 Å². The van der Waals surface area contributed by atoms with Crippen molar-refractivity contribution in [2.24, 2.45) is 0 Å².